The van der Waals surface area contributed by atoms with Crippen LogP contribution in [0.5, 0.6) is 6.01 Å². The molecule has 2 N–H and O–H groups in total. The second-order valence-corrected chi connectivity index (χ2v) is 7.96. The fourth-order valence-electron chi connectivity index (χ4n) is 4.50. The summed E-state index contributed by atoms with van der Waals surface area (Å²) >= 11 is 0. The number of methoxy groups -OCH3 is 1. The van der Waals surface area contributed by atoms with E-state index in [9.17, 15) is 4.79 Å². The molecule has 1 amide bonds. The Bertz CT molecular complexity index is 818. The zero-order valence-electron chi connectivity index (χ0n) is 16.8. The number of carbonyl (C=O) groups is 1. The summed E-state index contributed by atoms with van der Waals surface area (Å²) in [5.74, 6) is 2.01. The highest BCUT2D eigenvalue weighted by atomic mass is 16.5. The van der Waals surface area contributed by atoms with E-state index in [0.29, 0.717) is 11.6 Å². The van der Waals surface area contributed by atoms with E-state index in [1.807, 2.05) is 18.5 Å². The van der Waals surface area contributed by atoms with Crippen molar-refractivity contribution in [3.8, 4) is 6.01 Å². The highest BCUT2D eigenvalue weighted by Crippen LogP contribution is 2.33. The highest BCUT2D eigenvalue weighted by molar-refractivity contribution is 5.92. The van der Waals surface area contributed by atoms with E-state index < -0.39 is 5.91 Å². The average molecular weight is 396 g/mol. The lowest BCUT2D eigenvalue weighted by Crippen LogP contribution is -2.37. The molecular formula is C21H28N6O2. The molecule has 2 aromatic heterocycles. The normalized spacial score (nSPS) is 20.7. The number of nitrogens with two attached hydrogens (primary N) is 1. The second kappa shape index (κ2) is 8.73. The Morgan fingerprint density at radius 2 is 1.79 bits per heavy atom. The number of rotatable bonds is 6. The quantitative estimate of drug-likeness (QED) is 0.794. The van der Waals surface area contributed by atoms with Crippen LogP contribution in [0.15, 0.2) is 30.7 Å². The second-order valence-electron chi connectivity index (χ2n) is 7.96. The van der Waals surface area contributed by atoms with Crippen molar-refractivity contribution in [2.24, 2.45) is 17.6 Å². The van der Waals surface area contributed by atoms with E-state index in [2.05, 4.69) is 24.8 Å². The Hall–Kier alpha value is -2.74. The first-order valence-electron chi connectivity index (χ1n) is 10.2. The molecule has 154 valence electrons. The van der Waals surface area contributed by atoms with Crippen LogP contribution in [0.2, 0.25) is 0 Å². The van der Waals surface area contributed by atoms with Crippen molar-refractivity contribution in [1.29, 1.82) is 0 Å². The zero-order valence-corrected chi connectivity index (χ0v) is 16.8. The molecule has 0 aliphatic carbocycles. The number of primary amides is 1. The van der Waals surface area contributed by atoms with Crippen LogP contribution in [0.25, 0.3) is 0 Å². The minimum absolute atomic E-state index is 0.415. The number of amides is 1. The van der Waals surface area contributed by atoms with Gasteiger partial charge in [0.15, 0.2) is 0 Å². The molecule has 4 heterocycles. The van der Waals surface area contributed by atoms with Crippen molar-refractivity contribution in [2.75, 3.05) is 38.2 Å². The van der Waals surface area contributed by atoms with Gasteiger partial charge in [-0.25, -0.2) is 15.0 Å². The lowest BCUT2D eigenvalue weighted by molar-refractivity contribution is 0.1000. The first-order valence-corrected chi connectivity index (χ1v) is 10.2. The number of ether oxygens (including phenoxy) is 1. The Labute approximate surface area is 171 Å². The third-order valence-corrected chi connectivity index (χ3v) is 6.14. The summed E-state index contributed by atoms with van der Waals surface area (Å²) in [5, 5.41) is 0. The van der Waals surface area contributed by atoms with Gasteiger partial charge >= 0.3 is 6.01 Å². The molecule has 0 bridgehead atoms. The van der Waals surface area contributed by atoms with Gasteiger partial charge in [0.1, 0.15) is 5.82 Å². The van der Waals surface area contributed by atoms with Crippen LogP contribution < -0.4 is 15.4 Å². The van der Waals surface area contributed by atoms with Gasteiger partial charge in [0.25, 0.3) is 0 Å². The van der Waals surface area contributed by atoms with Gasteiger partial charge in [0, 0.05) is 50.3 Å². The predicted molar refractivity (Wildman–Crippen MR) is 110 cm³/mol. The summed E-state index contributed by atoms with van der Waals surface area (Å²) in [6.07, 6.45) is 8.91. The lowest BCUT2D eigenvalue weighted by atomic mass is 9.84. The number of hydrogen-bond donors (Lipinski definition) is 1. The van der Waals surface area contributed by atoms with Gasteiger partial charge in [0.2, 0.25) is 5.91 Å². The van der Waals surface area contributed by atoms with Gasteiger partial charge in [-0.15, -0.1) is 0 Å². The van der Waals surface area contributed by atoms with Gasteiger partial charge in [-0.05, 0) is 49.8 Å². The maximum atomic E-state index is 11.2. The average Bonchev–Trinajstić information content (AvgIpc) is 3.23. The molecule has 0 saturated carbocycles. The zero-order chi connectivity index (χ0) is 20.2. The SMILES string of the molecule is COc1ncc(CN2CCC(C3CCN(c4ccc(C(N)=O)cn4)CC3)C2)cn1. The van der Waals surface area contributed by atoms with Gasteiger partial charge in [-0.3, -0.25) is 9.69 Å². The van der Waals surface area contributed by atoms with Crippen molar-refractivity contribution in [3.63, 3.8) is 0 Å². The molecule has 1 unspecified atom stereocenters. The van der Waals surface area contributed by atoms with Crippen LogP contribution >= 0.6 is 0 Å². The molecule has 2 saturated heterocycles. The molecule has 2 aliphatic heterocycles. The van der Waals surface area contributed by atoms with Gasteiger partial charge in [-0.2, -0.15) is 0 Å². The number of nitrogens with zero attached hydrogens (tertiary/aromatic N) is 5. The number of anilines is 1. The maximum absolute atomic E-state index is 11.2. The molecule has 0 radical (unpaired) electrons. The van der Waals surface area contributed by atoms with Crippen LogP contribution in [0.3, 0.4) is 0 Å². The van der Waals surface area contributed by atoms with E-state index in [4.69, 9.17) is 10.5 Å². The van der Waals surface area contributed by atoms with E-state index in [1.165, 1.54) is 19.3 Å². The summed E-state index contributed by atoms with van der Waals surface area (Å²) < 4.78 is 5.03. The number of piperidine rings is 1. The van der Waals surface area contributed by atoms with Crippen LogP contribution in [0.1, 0.15) is 35.2 Å². The molecule has 0 spiro atoms. The summed E-state index contributed by atoms with van der Waals surface area (Å²) in [6, 6.07) is 4.07. The molecule has 0 aromatic carbocycles. The van der Waals surface area contributed by atoms with Gasteiger partial charge in [-0.1, -0.05) is 0 Å². The highest BCUT2D eigenvalue weighted by Gasteiger charge is 2.32. The van der Waals surface area contributed by atoms with Crippen LogP contribution in [-0.4, -0.2) is 59.0 Å². The summed E-state index contributed by atoms with van der Waals surface area (Å²) in [7, 11) is 1.58. The largest absolute Gasteiger partial charge is 0.467 e. The molecule has 4 rings (SSSR count). The Morgan fingerprint density at radius 3 is 2.41 bits per heavy atom. The predicted octanol–water partition coefficient (Wildman–Crippen LogP) is 1.72. The maximum Gasteiger partial charge on any atom is 0.316 e. The Kier molecular flexibility index (Phi) is 5.89. The van der Waals surface area contributed by atoms with Crippen LogP contribution in [0, 0.1) is 11.8 Å². The standard InChI is InChI=1S/C21H28N6O2/c1-29-21-24-10-15(11-25-21)13-26-7-4-18(14-26)16-5-8-27(9-6-16)19-3-2-17(12-23-19)20(22)28/h2-3,10-12,16,18H,4-9,13-14H2,1H3,(H2,22,28). The van der Waals surface area contributed by atoms with E-state index in [-0.39, 0.29) is 0 Å². The molecule has 2 aliphatic rings. The molecule has 2 fully saturated rings. The fraction of sp³-hybridized carbons (Fsp3) is 0.524. The van der Waals surface area contributed by atoms with E-state index >= 15 is 0 Å². The Balaban J connectivity index is 1.26. The first-order chi connectivity index (χ1) is 14.1. The van der Waals surface area contributed by atoms with Gasteiger partial charge in [0.05, 0.1) is 12.7 Å². The first kappa shape index (κ1) is 19.6. The molecule has 1 atom stereocenters. The number of carbonyl (C=O) groups excluding carboxylic acids is 1. The third-order valence-electron chi connectivity index (χ3n) is 6.14. The molecule has 8 heteroatoms. The number of aromatic nitrogens is 3. The topological polar surface area (TPSA) is 97.5 Å². The van der Waals surface area contributed by atoms with Crippen LogP contribution in [0.4, 0.5) is 5.82 Å². The van der Waals surface area contributed by atoms with Crippen molar-refractivity contribution < 1.29 is 9.53 Å². The van der Waals surface area contributed by atoms with Crippen molar-refractivity contribution in [3.05, 3.63) is 41.9 Å². The molecular weight excluding hydrogens is 368 g/mol. The Morgan fingerprint density at radius 1 is 1.07 bits per heavy atom. The van der Waals surface area contributed by atoms with E-state index in [0.717, 1.165) is 55.9 Å². The smallest absolute Gasteiger partial charge is 0.316 e. The number of pyridine rings is 1. The van der Waals surface area contributed by atoms with Crippen molar-refractivity contribution in [1.82, 2.24) is 19.9 Å². The molecule has 2 aromatic rings. The summed E-state index contributed by atoms with van der Waals surface area (Å²) in [6.45, 7) is 5.19. The minimum Gasteiger partial charge on any atom is -0.467 e. The van der Waals surface area contributed by atoms with E-state index in [1.54, 1.807) is 19.4 Å². The summed E-state index contributed by atoms with van der Waals surface area (Å²) in [4.78, 5) is 28.8. The third kappa shape index (κ3) is 4.64. The lowest BCUT2D eigenvalue weighted by Gasteiger charge is -2.35. The summed E-state index contributed by atoms with van der Waals surface area (Å²) in [5.41, 5.74) is 6.88. The molecule has 29 heavy (non-hydrogen) atoms. The van der Waals surface area contributed by atoms with Crippen LogP contribution in [-0.2, 0) is 6.54 Å². The number of likely N-dealkylation sites (tertiary alicyclic amines) is 1. The van der Waals surface area contributed by atoms with Crippen molar-refractivity contribution in [2.45, 2.75) is 25.8 Å². The number of hydrogen-bond acceptors (Lipinski definition) is 7. The fourth-order valence-corrected chi connectivity index (χ4v) is 4.50. The monoisotopic (exact) mass is 396 g/mol. The van der Waals surface area contributed by atoms with Gasteiger partial charge < -0.3 is 15.4 Å². The minimum atomic E-state index is -0.435. The molecule has 8 nitrogen and oxygen atoms in total. The van der Waals surface area contributed by atoms with Crippen molar-refractivity contribution >= 4 is 11.7 Å².